The van der Waals surface area contributed by atoms with E-state index in [9.17, 15) is 0 Å². The van der Waals surface area contributed by atoms with Crippen molar-refractivity contribution in [2.24, 2.45) is 0 Å². The lowest BCUT2D eigenvalue weighted by Gasteiger charge is -2.41. The third-order valence-corrected chi connectivity index (χ3v) is 5.68. The van der Waals surface area contributed by atoms with Gasteiger partial charge in [-0.3, -0.25) is 4.90 Å². The second-order valence-electron chi connectivity index (χ2n) is 6.67. The van der Waals surface area contributed by atoms with Crippen molar-refractivity contribution in [1.29, 1.82) is 0 Å². The van der Waals surface area contributed by atoms with Crippen LogP contribution in [0, 0.1) is 0 Å². The van der Waals surface area contributed by atoms with E-state index >= 15 is 0 Å². The fraction of sp³-hybridized carbons (Fsp3) is 1.00. The highest BCUT2D eigenvalue weighted by Gasteiger charge is 2.29. The molecule has 0 spiro atoms. The van der Waals surface area contributed by atoms with Crippen molar-refractivity contribution in [3.63, 3.8) is 0 Å². The monoisotopic (exact) mass is 270 g/mol. The molecule has 18 heavy (non-hydrogen) atoms. The highest BCUT2D eigenvalue weighted by molar-refractivity contribution is 8.00. The Morgan fingerprint density at radius 3 is 2.67 bits per heavy atom. The highest BCUT2D eigenvalue weighted by Crippen LogP contribution is 2.30. The minimum Gasteiger partial charge on any atom is -0.312 e. The number of nitrogens with one attached hydrogen (secondary N) is 1. The van der Waals surface area contributed by atoms with Crippen LogP contribution in [0.25, 0.3) is 0 Å². The fourth-order valence-electron chi connectivity index (χ4n) is 3.20. The first kappa shape index (κ1) is 14.7. The fourth-order valence-corrected chi connectivity index (χ4v) is 4.34. The third kappa shape index (κ3) is 4.43. The zero-order valence-corrected chi connectivity index (χ0v) is 13.2. The molecule has 2 rings (SSSR count). The Kier molecular flexibility index (Phi) is 5.40. The van der Waals surface area contributed by atoms with Crippen molar-refractivity contribution in [2.45, 2.75) is 69.7 Å². The summed E-state index contributed by atoms with van der Waals surface area (Å²) in [5.74, 6) is 1.29. The predicted octanol–water partition coefficient (Wildman–Crippen LogP) is 3.12. The summed E-state index contributed by atoms with van der Waals surface area (Å²) in [5.41, 5.74) is 0. The van der Waals surface area contributed by atoms with Gasteiger partial charge in [-0.15, -0.1) is 0 Å². The molecule has 0 aromatic rings. The van der Waals surface area contributed by atoms with E-state index in [4.69, 9.17) is 0 Å². The standard InChI is InChI=1S/C15H30N2S/c1-13(11-16-14-7-5-4-6-8-14)17-9-10-18-15(2,3)12-17/h13-14,16H,4-12H2,1-3H3. The molecule has 1 unspecified atom stereocenters. The molecule has 0 aromatic heterocycles. The molecular formula is C15H30N2S. The lowest BCUT2D eigenvalue weighted by atomic mass is 9.95. The van der Waals surface area contributed by atoms with E-state index in [-0.39, 0.29) is 0 Å². The molecule has 1 aliphatic heterocycles. The second-order valence-corrected chi connectivity index (χ2v) is 8.47. The van der Waals surface area contributed by atoms with Crippen molar-refractivity contribution < 1.29 is 0 Å². The van der Waals surface area contributed by atoms with Crippen LogP contribution in [-0.2, 0) is 0 Å². The van der Waals surface area contributed by atoms with Crippen molar-refractivity contribution >= 4 is 11.8 Å². The van der Waals surface area contributed by atoms with Gasteiger partial charge in [-0.2, -0.15) is 11.8 Å². The molecule has 0 radical (unpaired) electrons. The van der Waals surface area contributed by atoms with Gasteiger partial charge in [-0.25, -0.2) is 0 Å². The van der Waals surface area contributed by atoms with Crippen LogP contribution in [0.4, 0.5) is 0 Å². The third-order valence-electron chi connectivity index (χ3n) is 4.39. The molecule has 1 N–H and O–H groups in total. The smallest absolute Gasteiger partial charge is 0.0231 e. The first-order valence-corrected chi connectivity index (χ1v) is 8.67. The van der Waals surface area contributed by atoms with Crippen LogP contribution in [0.2, 0.25) is 0 Å². The van der Waals surface area contributed by atoms with Gasteiger partial charge in [0.1, 0.15) is 0 Å². The van der Waals surface area contributed by atoms with Gasteiger partial charge in [-0.1, -0.05) is 19.3 Å². The van der Waals surface area contributed by atoms with Crippen molar-refractivity contribution in [3.05, 3.63) is 0 Å². The van der Waals surface area contributed by atoms with E-state index in [0.717, 1.165) is 6.04 Å². The van der Waals surface area contributed by atoms with E-state index < -0.39 is 0 Å². The zero-order chi connectivity index (χ0) is 13.0. The summed E-state index contributed by atoms with van der Waals surface area (Å²) in [6, 6.07) is 1.49. The molecule has 1 heterocycles. The Morgan fingerprint density at radius 1 is 1.28 bits per heavy atom. The zero-order valence-electron chi connectivity index (χ0n) is 12.4. The molecule has 1 saturated heterocycles. The van der Waals surface area contributed by atoms with E-state index in [1.165, 1.54) is 57.5 Å². The maximum Gasteiger partial charge on any atom is 0.0231 e. The summed E-state index contributed by atoms with van der Waals surface area (Å²) in [5, 5.41) is 3.80. The van der Waals surface area contributed by atoms with Gasteiger partial charge < -0.3 is 5.32 Å². The van der Waals surface area contributed by atoms with E-state index in [0.29, 0.717) is 10.8 Å². The van der Waals surface area contributed by atoms with Crippen LogP contribution < -0.4 is 5.32 Å². The van der Waals surface area contributed by atoms with Gasteiger partial charge in [0.15, 0.2) is 0 Å². The summed E-state index contributed by atoms with van der Waals surface area (Å²) in [6.07, 6.45) is 7.10. The minimum atomic E-state index is 0.442. The maximum absolute atomic E-state index is 3.80. The summed E-state index contributed by atoms with van der Waals surface area (Å²) in [7, 11) is 0. The largest absolute Gasteiger partial charge is 0.312 e. The van der Waals surface area contributed by atoms with Gasteiger partial charge in [0.25, 0.3) is 0 Å². The summed E-state index contributed by atoms with van der Waals surface area (Å²) < 4.78 is 0.442. The van der Waals surface area contributed by atoms with Crippen LogP contribution in [0.3, 0.4) is 0 Å². The topological polar surface area (TPSA) is 15.3 Å². The summed E-state index contributed by atoms with van der Waals surface area (Å²) in [6.45, 7) is 10.8. The lowest BCUT2D eigenvalue weighted by Crippen LogP contribution is -2.51. The summed E-state index contributed by atoms with van der Waals surface area (Å²) in [4.78, 5) is 2.67. The number of hydrogen-bond acceptors (Lipinski definition) is 3. The predicted molar refractivity (Wildman–Crippen MR) is 82.4 cm³/mol. The number of nitrogens with zero attached hydrogens (tertiary/aromatic N) is 1. The molecule has 3 heteroatoms. The van der Waals surface area contributed by atoms with Crippen LogP contribution in [0.15, 0.2) is 0 Å². The summed E-state index contributed by atoms with van der Waals surface area (Å²) >= 11 is 2.13. The van der Waals surface area contributed by atoms with Crippen LogP contribution in [-0.4, -0.2) is 47.1 Å². The SMILES string of the molecule is CC(CNC1CCCCC1)N1CCSC(C)(C)C1. The van der Waals surface area contributed by atoms with Crippen LogP contribution in [0.1, 0.15) is 52.9 Å². The molecule has 0 aromatic carbocycles. The average Bonchev–Trinajstić information content (AvgIpc) is 2.36. The van der Waals surface area contributed by atoms with Crippen LogP contribution >= 0.6 is 11.8 Å². The molecule has 2 fully saturated rings. The molecule has 2 nitrogen and oxygen atoms in total. The van der Waals surface area contributed by atoms with Gasteiger partial charge in [0.05, 0.1) is 0 Å². The van der Waals surface area contributed by atoms with Crippen molar-refractivity contribution in [1.82, 2.24) is 10.2 Å². The Bertz CT molecular complexity index is 249. The molecule has 2 aliphatic rings. The Hall–Kier alpha value is 0.270. The molecule has 0 bridgehead atoms. The molecule has 106 valence electrons. The van der Waals surface area contributed by atoms with Gasteiger partial charge in [0.2, 0.25) is 0 Å². The molecule has 1 aliphatic carbocycles. The molecule has 1 atom stereocenters. The highest BCUT2D eigenvalue weighted by atomic mass is 32.2. The normalized spacial score (nSPS) is 28.2. The first-order chi connectivity index (χ1) is 8.57. The van der Waals surface area contributed by atoms with E-state index in [1.54, 1.807) is 0 Å². The number of thioether (sulfide) groups is 1. The maximum atomic E-state index is 3.80. The first-order valence-electron chi connectivity index (χ1n) is 7.68. The molecular weight excluding hydrogens is 240 g/mol. The Morgan fingerprint density at radius 2 is 2.00 bits per heavy atom. The lowest BCUT2D eigenvalue weighted by molar-refractivity contribution is 0.188. The molecule has 1 saturated carbocycles. The Labute approximate surface area is 117 Å². The molecule has 0 amide bonds. The van der Waals surface area contributed by atoms with E-state index in [1.807, 2.05) is 0 Å². The van der Waals surface area contributed by atoms with Crippen LogP contribution in [0.5, 0.6) is 0 Å². The van der Waals surface area contributed by atoms with Gasteiger partial charge in [0, 0.05) is 42.2 Å². The minimum absolute atomic E-state index is 0.442. The number of rotatable bonds is 4. The van der Waals surface area contributed by atoms with Crippen molar-refractivity contribution in [2.75, 3.05) is 25.4 Å². The van der Waals surface area contributed by atoms with E-state index in [2.05, 4.69) is 42.7 Å². The quantitative estimate of drug-likeness (QED) is 0.845. The van der Waals surface area contributed by atoms with Gasteiger partial charge in [-0.05, 0) is 33.6 Å². The average molecular weight is 270 g/mol. The Balaban J connectivity index is 1.71. The second kappa shape index (κ2) is 6.62. The van der Waals surface area contributed by atoms with Crippen molar-refractivity contribution in [3.8, 4) is 0 Å². The number of hydrogen-bond donors (Lipinski definition) is 1. The van der Waals surface area contributed by atoms with Gasteiger partial charge >= 0.3 is 0 Å².